The van der Waals surface area contributed by atoms with E-state index in [4.69, 9.17) is 4.74 Å². The van der Waals surface area contributed by atoms with Crippen LogP contribution in [0.2, 0.25) is 0 Å². The Labute approximate surface area is 118 Å². The second-order valence-electron chi connectivity index (χ2n) is 5.66. The van der Waals surface area contributed by atoms with Gasteiger partial charge in [0.2, 0.25) is 0 Å². The molecule has 0 saturated heterocycles. The van der Waals surface area contributed by atoms with Gasteiger partial charge in [-0.2, -0.15) is 0 Å². The normalized spacial score (nSPS) is 29.7. The highest BCUT2D eigenvalue weighted by Crippen LogP contribution is 2.45. The summed E-state index contributed by atoms with van der Waals surface area (Å²) in [5, 5.41) is 10.9. The van der Waals surface area contributed by atoms with Gasteiger partial charge in [-0.1, -0.05) is 12.2 Å². The Morgan fingerprint density at radius 1 is 1.50 bits per heavy atom. The number of esters is 1. The van der Waals surface area contributed by atoms with Gasteiger partial charge in [-0.25, -0.2) is 4.79 Å². The fourth-order valence-electron chi connectivity index (χ4n) is 3.19. The van der Waals surface area contributed by atoms with Crippen molar-refractivity contribution in [1.82, 2.24) is 0 Å². The molecule has 0 aromatic heterocycles. The number of aliphatic hydroxyl groups is 1. The summed E-state index contributed by atoms with van der Waals surface area (Å²) in [5.74, 6) is -0.758. The number of carbonyl (C=O) groups excluding carboxylic acids is 2. The van der Waals surface area contributed by atoms with Gasteiger partial charge in [-0.05, 0) is 50.7 Å². The second kappa shape index (κ2) is 5.02. The van der Waals surface area contributed by atoms with Gasteiger partial charge >= 0.3 is 5.97 Å². The van der Waals surface area contributed by atoms with E-state index in [1.165, 1.54) is 13.2 Å². The van der Waals surface area contributed by atoms with E-state index in [9.17, 15) is 14.7 Å². The van der Waals surface area contributed by atoms with Crippen LogP contribution in [0.4, 0.5) is 0 Å². The maximum atomic E-state index is 12.0. The number of methoxy groups -OCH3 is 1. The number of hydrogen-bond donors (Lipinski definition) is 1. The summed E-state index contributed by atoms with van der Waals surface area (Å²) in [6.45, 7) is 7.42. The average molecular weight is 276 g/mol. The van der Waals surface area contributed by atoms with Crippen LogP contribution in [0.15, 0.2) is 34.9 Å². The molecule has 2 aliphatic rings. The first kappa shape index (κ1) is 14.7. The molecule has 0 aromatic rings. The summed E-state index contributed by atoms with van der Waals surface area (Å²) >= 11 is 0. The molecule has 108 valence electrons. The number of carbonyl (C=O) groups is 2. The Kier molecular flexibility index (Phi) is 3.69. The molecular weight excluding hydrogens is 256 g/mol. The molecule has 4 nitrogen and oxygen atoms in total. The molecule has 0 amide bonds. The van der Waals surface area contributed by atoms with Crippen LogP contribution in [0.3, 0.4) is 0 Å². The zero-order valence-corrected chi connectivity index (χ0v) is 12.2. The summed E-state index contributed by atoms with van der Waals surface area (Å²) in [4.78, 5) is 23.7. The first-order valence-electron chi connectivity index (χ1n) is 6.74. The number of rotatable bonds is 2. The van der Waals surface area contributed by atoms with E-state index in [-0.39, 0.29) is 11.7 Å². The molecule has 2 rings (SSSR count). The standard InChI is InChI=1S/C16H20O4/c1-9-5-6-12(11(3)15(18)20-4)8-16(19)10(2)7-13(17)14(9)16/h7,12,19H,3,5-6,8H2,1-2,4H3. The first-order valence-corrected chi connectivity index (χ1v) is 6.74. The van der Waals surface area contributed by atoms with Gasteiger partial charge in [0.1, 0.15) is 5.60 Å². The third-order valence-corrected chi connectivity index (χ3v) is 4.44. The summed E-state index contributed by atoms with van der Waals surface area (Å²) in [6.07, 6.45) is 3.15. The van der Waals surface area contributed by atoms with Crippen LogP contribution in [0.5, 0.6) is 0 Å². The lowest BCUT2D eigenvalue weighted by molar-refractivity contribution is -0.136. The van der Waals surface area contributed by atoms with Crippen molar-refractivity contribution in [2.24, 2.45) is 5.92 Å². The maximum Gasteiger partial charge on any atom is 0.333 e. The molecule has 0 heterocycles. The zero-order valence-electron chi connectivity index (χ0n) is 12.2. The lowest BCUT2D eigenvalue weighted by atomic mass is 9.80. The highest BCUT2D eigenvalue weighted by Gasteiger charge is 2.46. The van der Waals surface area contributed by atoms with Crippen LogP contribution in [-0.2, 0) is 14.3 Å². The van der Waals surface area contributed by atoms with E-state index in [1.807, 2.05) is 6.92 Å². The predicted octanol–water partition coefficient (Wildman–Crippen LogP) is 2.09. The first-order chi connectivity index (χ1) is 9.31. The second-order valence-corrected chi connectivity index (χ2v) is 5.66. The highest BCUT2D eigenvalue weighted by atomic mass is 16.5. The lowest BCUT2D eigenvalue weighted by Gasteiger charge is -2.29. The molecule has 0 aliphatic heterocycles. The zero-order chi connectivity index (χ0) is 15.1. The van der Waals surface area contributed by atoms with E-state index in [0.717, 1.165) is 5.57 Å². The summed E-state index contributed by atoms with van der Waals surface area (Å²) in [5.41, 5.74) is 1.11. The molecule has 0 radical (unpaired) electrons. The van der Waals surface area contributed by atoms with Gasteiger partial charge in [0.15, 0.2) is 5.78 Å². The predicted molar refractivity (Wildman–Crippen MR) is 74.9 cm³/mol. The Bertz CT molecular complexity index is 553. The van der Waals surface area contributed by atoms with Gasteiger partial charge in [0, 0.05) is 11.1 Å². The number of ketones is 1. The number of hydrogen-bond acceptors (Lipinski definition) is 4. The third kappa shape index (κ3) is 2.14. The van der Waals surface area contributed by atoms with Crippen LogP contribution in [0.1, 0.15) is 33.1 Å². The molecule has 2 aliphatic carbocycles. The third-order valence-electron chi connectivity index (χ3n) is 4.44. The van der Waals surface area contributed by atoms with Crippen molar-refractivity contribution in [3.63, 3.8) is 0 Å². The molecule has 1 N–H and O–H groups in total. The van der Waals surface area contributed by atoms with Crippen molar-refractivity contribution in [2.75, 3.05) is 7.11 Å². The quantitative estimate of drug-likeness (QED) is 0.619. The van der Waals surface area contributed by atoms with Crippen LogP contribution >= 0.6 is 0 Å². The van der Waals surface area contributed by atoms with E-state index < -0.39 is 11.6 Å². The van der Waals surface area contributed by atoms with Crippen LogP contribution < -0.4 is 0 Å². The fraction of sp³-hybridized carbons (Fsp3) is 0.500. The molecule has 0 fully saturated rings. The average Bonchev–Trinajstić information content (AvgIpc) is 2.54. The van der Waals surface area contributed by atoms with Gasteiger partial charge < -0.3 is 9.84 Å². The topological polar surface area (TPSA) is 63.6 Å². The number of ether oxygens (including phenoxy) is 1. The summed E-state index contributed by atoms with van der Waals surface area (Å²) in [7, 11) is 1.32. The lowest BCUT2D eigenvalue weighted by Crippen LogP contribution is -2.34. The van der Waals surface area contributed by atoms with Crippen molar-refractivity contribution in [2.45, 2.75) is 38.7 Å². The SMILES string of the molecule is C=C(C(=O)OC)C1CCC(C)=C2C(=O)C=C(C)C2(O)C1. The fourth-order valence-corrected chi connectivity index (χ4v) is 3.19. The molecule has 2 atom stereocenters. The van der Waals surface area contributed by atoms with Crippen molar-refractivity contribution in [3.8, 4) is 0 Å². The van der Waals surface area contributed by atoms with Crippen LogP contribution in [0.25, 0.3) is 0 Å². The molecule has 0 spiro atoms. The number of fused-ring (bicyclic) bond motifs is 1. The maximum absolute atomic E-state index is 12.0. The molecule has 0 aromatic carbocycles. The smallest absolute Gasteiger partial charge is 0.333 e. The van der Waals surface area contributed by atoms with E-state index in [0.29, 0.717) is 36.0 Å². The Hall–Kier alpha value is -1.68. The largest absolute Gasteiger partial charge is 0.466 e. The number of allylic oxidation sites excluding steroid dienone is 2. The van der Waals surface area contributed by atoms with Crippen molar-refractivity contribution >= 4 is 11.8 Å². The van der Waals surface area contributed by atoms with Crippen molar-refractivity contribution in [1.29, 1.82) is 0 Å². The van der Waals surface area contributed by atoms with E-state index in [2.05, 4.69) is 6.58 Å². The molecule has 0 saturated carbocycles. The molecule has 0 bridgehead atoms. The Balaban J connectivity index is 2.37. The van der Waals surface area contributed by atoms with E-state index in [1.54, 1.807) is 6.92 Å². The molecular formula is C16H20O4. The highest BCUT2D eigenvalue weighted by molar-refractivity contribution is 6.10. The molecule has 20 heavy (non-hydrogen) atoms. The van der Waals surface area contributed by atoms with Crippen LogP contribution in [0, 0.1) is 5.92 Å². The van der Waals surface area contributed by atoms with Crippen LogP contribution in [-0.4, -0.2) is 29.6 Å². The van der Waals surface area contributed by atoms with Crippen molar-refractivity contribution in [3.05, 3.63) is 34.9 Å². The Morgan fingerprint density at radius 2 is 2.15 bits per heavy atom. The Morgan fingerprint density at radius 3 is 2.75 bits per heavy atom. The summed E-state index contributed by atoms with van der Waals surface area (Å²) < 4.78 is 4.71. The monoisotopic (exact) mass is 276 g/mol. The van der Waals surface area contributed by atoms with Gasteiger partial charge in [0.25, 0.3) is 0 Å². The molecule has 4 heteroatoms. The summed E-state index contributed by atoms with van der Waals surface area (Å²) in [6, 6.07) is 0. The van der Waals surface area contributed by atoms with Gasteiger partial charge in [-0.15, -0.1) is 0 Å². The van der Waals surface area contributed by atoms with Gasteiger partial charge in [-0.3, -0.25) is 4.79 Å². The minimum Gasteiger partial charge on any atom is -0.466 e. The van der Waals surface area contributed by atoms with Crippen molar-refractivity contribution < 1.29 is 19.4 Å². The van der Waals surface area contributed by atoms with E-state index >= 15 is 0 Å². The minimum absolute atomic E-state index is 0.119. The molecule has 2 unspecified atom stereocenters. The minimum atomic E-state index is -1.26. The van der Waals surface area contributed by atoms with Gasteiger partial charge in [0.05, 0.1) is 7.11 Å².